The van der Waals surface area contributed by atoms with Gasteiger partial charge in [0, 0.05) is 17.8 Å². The predicted molar refractivity (Wildman–Crippen MR) is 77.9 cm³/mol. The van der Waals surface area contributed by atoms with Crippen LogP contribution in [0.3, 0.4) is 0 Å². The van der Waals surface area contributed by atoms with Crippen LogP contribution in [0, 0.1) is 6.92 Å². The highest BCUT2D eigenvalue weighted by Crippen LogP contribution is 2.16. The fourth-order valence-electron chi connectivity index (χ4n) is 1.66. The minimum atomic E-state index is -3.10. The standard InChI is InChI=1S/C13H25N3O2S/c1-6-14-9-12-10-15-16(11(12)2)7-8-19(17,18)13(3,4)5/h10,14H,6-9H2,1-5H3. The van der Waals surface area contributed by atoms with Crippen molar-refractivity contribution in [2.24, 2.45) is 0 Å². The van der Waals surface area contributed by atoms with Crippen molar-refractivity contribution < 1.29 is 8.42 Å². The highest BCUT2D eigenvalue weighted by Gasteiger charge is 2.28. The van der Waals surface area contributed by atoms with Crippen LogP contribution in [-0.4, -0.2) is 35.2 Å². The molecule has 0 saturated carbocycles. The lowest BCUT2D eigenvalue weighted by atomic mass is 10.2. The van der Waals surface area contributed by atoms with Crippen LogP contribution in [0.15, 0.2) is 6.20 Å². The molecule has 0 bridgehead atoms. The maximum atomic E-state index is 12.1. The molecular weight excluding hydrogens is 262 g/mol. The van der Waals surface area contributed by atoms with E-state index in [0.717, 1.165) is 24.3 Å². The number of sulfone groups is 1. The van der Waals surface area contributed by atoms with Crippen LogP contribution in [0.2, 0.25) is 0 Å². The van der Waals surface area contributed by atoms with Crippen molar-refractivity contribution in [1.29, 1.82) is 0 Å². The third-order valence-electron chi connectivity index (χ3n) is 3.28. The average molecular weight is 287 g/mol. The van der Waals surface area contributed by atoms with Gasteiger partial charge in [0.05, 0.1) is 23.2 Å². The first-order chi connectivity index (χ1) is 8.69. The van der Waals surface area contributed by atoms with Gasteiger partial charge in [-0.05, 0) is 34.2 Å². The van der Waals surface area contributed by atoms with Gasteiger partial charge >= 0.3 is 0 Å². The molecule has 1 rings (SSSR count). The average Bonchev–Trinajstić information content (AvgIpc) is 2.64. The van der Waals surface area contributed by atoms with Crippen LogP contribution in [0.5, 0.6) is 0 Å². The van der Waals surface area contributed by atoms with E-state index in [1.165, 1.54) is 0 Å². The Morgan fingerprint density at radius 2 is 2.00 bits per heavy atom. The van der Waals surface area contributed by atoms with E-state index < -0.39 is 14.6 Å². The molecule has 19 heavy (non-hydrogen) atoms. The lowest BCUT2D eigenvalue weighted by molar-refractivity contribution is 0.546. The van der Waals surface area contributed by atoms with Crippen LogP contribution < -0.4 is 5.32 Å². The zero-order valence-corrected chi connectivity index (χ0v) is 13.3. The van der Waals surface area contributed by atoms with Gasteiger partial charge in [-0.2, -0.15) is 5.10 Å². The second-order valence-electron chi connectivity index (χ2n) is 5.69. The SMILES string of the molecule is CCNCc1cnn(CCS(=O)(=O)C(C)(C)C)c1C. The zero-order chi connectivity index (χ0) is 14.7. The molecule has 1 heterocycles. The molecule has 6 heteroatoms. The van der Waals surface area contributed by atoms with Crippen molar-refractivity contribution in [1.82, 2.24) is 15.1 Å². The summed E-state index contributed by atoms with van der Waals surface area (Å²) in [6.45, 7) is 11.3. The fraction of sp³-hybridized carbons (Fsp3) is 0.769. The molecule has 0 spiro atoms. The Morgan fingerprint density at radius 1 is 1.37 bits per heavy atom. The lowest BCUT2D eigenvalue weighted by Gasteiger charge is -2.19. The molecule has 0 radical (unpaired) electrons. The summed E-state index contributed by atoms with van der Waals surface area (Å²) in [5.74, 6) is 0.125. The van der Waals surface area contributed by atoms with Gasteiger partial charge in [0.1, 0.15) is 0 Å². The van der Waals surface area contributed by atoms with E-state index in [1.54, 1.807) is 25.5 Å². The fourth-order valence-corrected chi connectivity index (χ4v) is 2.68. The molecule has 1 N–H and O–H groups in total. The van der Waals surface area contributed by atoms with Crippen LogP contribution in [0.1, 0.15) is 39.0 Å². The summed E-state index contributed by atoms with van der Waals surface area (Å²) in [6.07, 6.45) is 1.81. The summed E-state index contributed by atoms with van der Waals surface area (Å²) >= 11 is 0. The van der Waals surface area contributed by atoms with E-state index >= 15 is 0 Å². The van der Waals surface area contributed by atoms with Crippen LogP contribution in [0.4, 0.5) is 0 Å². The summed E-state index contributed by atoms with van der Waals surface area (Å²) in [4.78, 5) is 0. The lowest BCUT2D eigenvalue weighted by Crippen LogP contribution is -2.32. The first-order valence-corrected chi connectivity index (χ1v) is 8.28. The van der Waals surface area contributed by atoms with Crippen LogP contribution in [-0.2, 0) is 22.9 Å². The number of aromatic nitrogens is 2. The van der Waals surface area contributed by atoms with E-state index in [1.807, 2.05) is 13.1 Å². The number of hydrogen-bond donors (Lipinski definition) is 1. The molecule has 0 amide bonds. The number of nitrogens with one attached hydrogen (secondary N) is 1. The highest BCUT2D eigenvalue weighted by atomic mass is 32.2. The van der Waals surface area contributed by atoms with Crippen LogP contribution >= 0.6 is 0 Å². The van der Waals surface area contributed by atoms with Gasteiger partial charge in [-0.25, -0.2) is 8.42 Å². The van der Waals surface area contributed by atoms with E-state index in [4.69, 9.17) is 0 Å². The van der Waals surface area contributed by atoms with Crippen molar-refractivity contribution in [3.63, 3.8) is 0 Å². The zero-order valence-electron chi connectivity index (χ0n) is 12.5. The van der Waals surface area contributed by atoms with Gasteiger partial charge in [-0.15, -0.1) is 0 Å². The van der Waals surface area contributed by atoms with Gasteiger partial charge in [0.25, 0.3) is 0 Å². The van der Waals surface area contributed by atoms with E-state index in [-0.39, 0.29) is 5.75 Å². The minimum absolute atomic E-state index is 0.125. The normalized spacial score (nSPS) is 12.9. The van der Waals surface area contributed by atoms with Gasteiger partial charge in [0.15, 0.2) is 9.84 Å². The molecule has 0 atom stereocenters. The third-order valence-corrected chi connectivity index (χ3v) is 5.86. The molecule has 0 aliphatic heterocycles. The Labute approximate surface area is 116 Å². The third kappa shape index (κ3) is 4.04. The van der Waals surface area contributed by atoms with Crippen molar-refractivity contribution in [2.75, 3.05) is 12.3 Å². The first-order valence-electron chi connectivity index (χ1n) is 6.63. The molecular formula is C13H25N3O2S. The first kappa shape index (κ1) is 16.2. The van der Waals surface area contributed by atoms with Crippen molar-refractivity contribution >= 4 is 9.84 Å². The molecule has 0 aliphatic carbocycles. The number of nitrogens with zero attached hydrogens (tertiary/aromatic N) is 2. The van der Waals surface area contributed by atoms with Gasteiger partial charge < -0.3 is 5.32 Å². The smallest absolute Gasteiger partial charge is 0.157 e. The molecule has 0 unspecified atom stereocenters. The molecule has 0 aromatic carbocycles. The quantitative estimate of drug-likeness (QED) is 0.861. The second kappa shape index (κ2) is 6.05. The summed E-state index contributed by atoms with van der Waals surface area (Å²) in [5.41, 5.74) is 2.15. The van der Waals surface area contributed by atoms with Crippen molar-refractivity contribution in [3.05, 3.63) is 17.5 Å². The maximum absolute atomic E-state index is 12.1. The maximum Gasteiger partial charge on any atom is 0.157 e. The van der Waals surface area contributed by atoms with Crippen molar-refractivity contribution in [3.8, 4) is 0 Å². The number of hydrogen-bond acceptors (Lipinski definition) is 4. The Balaban J connectivity index is 2.72. The molecule has 1 aromatic rings. The largest absolute Gasteiger partial charge is 0.313 e. The van der Waals surface area contributed by atoms with E-state index in [0.29, 0.717) is 6.54 Å². The monoisotopic (exact) mass is 287 g/mol. The molecule has 0 fully saturated rings. The summed E-state index contributed by atoms with van der Waals surface area (Å²) in [7, 11) is -3.10. The van der Waals surface area contributed by atoms with E-state index in [2.05, 4.69) is 17.3 Å². The summed E-state index contributed by atoms with van der Waals surface area (Å²) in [6, 6.07) is 0. The van der Waals surface area contributed by atoms with Gasteiger partial charge in [0.2, 0.25) is 0 Å². The summed E-state index contributed by atoms with van der Waals surface area (Å²) in [5, 5.41) is 7.51. The molecule has 5 nitrogen and oxygen atoms in total. The Morgan fingerprint density at radius 3 is 2.53 bits per heavy atom. The van der Waals surface area contributed by atoms with Gasteiger partial charge in [-0.1, -0.05) is 6.92 Å². The Bertz CT molecular complexity index is 512. The van der Waals surface area contributed by atoms with Gasteiger partial charge in [-0.3, -0.25) is 4.68 Å². The Kier molecular flexibility index (Phi) is 5.15. The predicted octanol–water partition coefficient (Wildman–Crippen LogP) is 1.51. The highest BCUT2D eigenvalue weighted by molar-refractivity contribution is 7.92. The van der Waals surface area contributed by atoms with Crippen LogP contribution in [0.25, 0.3) is 0 Å². The number of aryl methyl sites for hydroxylation is 1. The Hall–Kier alpha value is -0.880. The molecule has 0 aliphatic rings. The van der Waals surface area contributed by atoms with Crippen molar-refractivity contribution in [2.45, 2.75) is 52.5 Å². The second-order valence-corrected chi connectivity index (χ2v) is 8.55. The van der Waals surface area contributed by atoms with E-state index in [9.17, 15) is 8.42 Å². The molecule has 0 saturated heterocycles. The molecule has 110 valence electrons. The summed E-state index contributed by atoms with van der Waals surface area (Å²) < 4.78 is 25.2. The molecule has 1 aromatic heterocycles. The number of rotatable bonds is 6. The topological polar surface area (TPSA) is 64.0 Å². The minimum Gasteiger partial charge on any atom is -0.313 e.